The molecule has 0 aliphatic carbocycles. The summed E-state index contributed by atoms with van der Waals surface area (Å²) in [6.07, 6.45) is -1.37. The summed E-state index contributed by atoms with van der Waals surface area (Å²) in [6.45, 7) is 6.19. The van der Waals surface area contributed by atoms with Crippen LogP contribution in [0, 0.1) is 0 Å². The average Bonchev–Trinajstić information content (AvgIpc) is 3.31. The first-order chi connectivity index (χ1) is 19.9. The molecule has 0 bridgehead atoms. The molecule has 1 fully saturated rings. The molecule has 1 aliphatic heterocycles. The second-order valence-electron chi connectivity index (χ2n) is 11.0. The molecule has 1 saturated heterocycles. The number of hydrogen-bond donors (Lipinski definition) is 1. The molecule has 42 heavy (non-hydrogen) atoms. The van der Waals surface area contributed by atoms with Crippen molar-refractivity contribution >= 4 is 34.7 Å². The van der Waals surface area contributed by atoms with Crippen molar-refractivity contribution in [3.63, 3.8) is 0 Å². The quantitative estimate of drug-likeness (QED) is 0.179. The summed E-state index contributed by atoms with van der Waals surface area (Å²) < 4.78 is 63.2. The predicted molar refractivity (Wildman–Crippen MR) is 156 cm³/mol. The summed E-state index contributed by atoms with van der Waals surface area (Å²) in [7, 11) is 0. The standard InChI is InChI=1S/C30H31F4N5O2S/c1-29(2,3)41-28(40)38-13-7-8-19(16-38)36-27-35-15-24(30(32,33)34)26(37-27)23-17-39(20-9-5-4-6-10-20)25-14-21(42-18-31)11-12-22(23)25/h4-6,9-12,14-15,17,19H,7-8,13,16,18H2,1-3H3,(H,35,36,37)/t19-/m0/s1. The Labute approximate surface area is 245 Å². The third kappa shape index (κ3) is 6.64. The van der Waals surface area contributed by atoms with Gasteiger partial charge in [-0.15, -0.1) is 0 Å². The van der Waals surface area contributed by atoms with Crippen molar-refractivity contribution < 1.29 is 27.1 Å². The average molecular weight is 602 g/mol. The predicted octanol–water partition coefficient (Wildman–Crippen LogP) is 7.94. The number of thioether (sulfide) groups is 1. The number of rotatable bonds is 6. The van der Waals surface area contributed by atoms with Crippen molar-refractivity contribution in [3.8, 4) is 16.9 Å². The number of carbonyl (C=O) groups is 1. The van der Waals surface area contributed by atoms with E-state index in [0.717, 1.165) is 23.6 Å². The maximum Gasteiger partial charge on any atom is 0.419 e. The normalized spacial score (nSPS) is 16.1. The molecule has 5 rings (SSSR count). The van der Waals surface area contributed by atoms with Gasteiger partial charge >= 0.3 is 12.3 Å². The van der Waals surface area contributed by atoms with Crippen LogP contribution in [0.25, 0.3) is 27.8 Å². The molecule has 1 aliphatic rings. The topological polar surface area (TPSA) is 72.3 Å². The van der Waals surface area contributed by atoms with Crippen molar-refractivity contribution in [3.05, 3.63) is 66.5 Å². The van der Waals surface area contributed by atoms with Gasteiger partial charge in [0, 0.05) is 53.1 Å². The van der Waals surface area contributed by atoms with Crippen molar-refractivity contribution in [2.24, 2.45) is 0 Å². The first kappa shape index (κ1) is 29.7. The van der Waals surface area contributed by atoms with Crippen LogP contribution in [0.1, 0.15) is 39.2 Å². The Morgan fingerprint density at radius 1 is 1.14 bits per heavy atom. The first-order valence-electron chi connectivity index (χ1n) is 13.5. The Hall–Kier alpha value is -3.80. The molecule has 1 amide bonds. The van der Waals surface area contributed by atoms with Gasteiger partial charge in [0.05, 0.1) is 11.2 Å². The number of ether oxygens (including phenoxy) is 1. The van der Waals surface area contributed by atoms with Crippen LogP contribution in [-0.4, -0.2) is 56.3 Å². The summed E-state index contributed by atoms with van der Waals surface area (Å²) in [5, 5.41) is 3.67. The molecular formula is C30H31F4N5O2S. The van der Waals surface area contributed by atoms with E-state index in [-0.39, 0.29) is 23.2 Å². The zero-order chi connectivity index (χ0) is 30.1. The summed E-state index contributed by atoms with van der Waals surface area (Å²) >= 11 is 1.00. The number of nitrogens with zero attached hydrogens (tertiary/aromatic N) is 4. The van der Waals surface area contributed by atoms with Gasteiger partial charge in [0.2, 0.25) is 5.95 Å². The maximum atomic E-state index is 14.3. The number of piperidine rings is 1. The summed E-state index contributed by atoms with van der Waals surface area (Å²) in [6, 6.07) is 13.4. The number of para-hydroxylation sites is 1. The molecule has 2 aromatic heterocycles. The smallest absolute Gasteiger partial charge is 0.419 e. The molecule has 7 nitrogen and oxygen atoms in total. The molecule has 4 aromatic rings. The highest BCUT2D eigenvalue weighted by Gasteiger charge is 2.37. The van der Waals surface area contributed by atoms with Crippen LogP contribution in [0.3, 0.4) is 0 Å². The molecule has 0 unspecified atom stereocenters. The van der Waals surface area contributed by atoms with Gasteiger partial charge in [0.15, 0.2) is 0 Å². The lowest BCUT2D eigenvalue weighted by molar-refractivity contribution is -0.137. The highest BCUT2D eigenvalue weighted by Crippen LogP contribution is 2.41. The van der Waals surface area contributed by atoms with E-state index in [4.69, 9.17) is 4.74 Å². The Kier molecular flexibility index (Phi) is 8.36. The van der Waals surface area contributed by atoms with E-state index in [1.165, 1.54) is 0 Å². The number of hydrogen-bond acceptors (Lipinski definition) is 6. The zero-order valence-electron chi connectivity index (χ0n) is 23.4. The number of alkyl halides is 4. The number of benzene rings is 2. The minimum atomic E-state index is -4.71. The van der Waals surface area contributed by atoms with Crippen LogP contribution in [0.5, 0.6) is 0 Å². The highest BCUT2D eigenvalue weighted by molar-refractivity contribution is 7.99. The van der Waals surface area contributed by atoms with Crippen molar-refractivity contribution in [2.45, 2.75) is 56.3 Å². The number of amides is 1. The SMILES string of the molecule is CC(C)(C)OC(=O)N1CCC[C@H](Nc2ncc(C(F)(F)F)c(-c3cn(-c4ccccc4)c4cc(SCF)ccc34)n2)C1. The van der Waals surface area contributed by atoms with Gasteiger partial charge in [-0.25, -0.2) is 19.2 Å². The molecule has 0 saturated carbocycles. The molecule has 1 atom stereocenters. The molecule has 1 N–H and O–H groups in total. The first-order valence-corrected chi connectivity index (χ1v) is 14.5. The molecule has 12 heteroatoms. The number of nitrogens with one attached hydrogen (secondary N) is 1. The second kappa shape index (κ2) is 11.8. The minimum absolute atomic E-state index is 0.0271. The molecular weight excluding hydrogens is 570 g/mol. The number of anilines is 1. The fourth-order valence-electron chi connectivity index (χ4n) is 4.98. The van der Waals surface area contributed by atoms with E-state index in [1.807, 2.05) is 30.3 Å². The fourth-order valence-corrected chi connectivity index (χ4v) is 5.47. The molecule has 3 heterocycles. The van der Waals surface area contributed by atoms with Gasteiger partial charge in [-0.1, -0.05) is 36.0 Å². The van der Waals surface area contributed by atoms with Gasteiger partial charge in [-0.2, -0.15) is 13.2 Å². The monoisotopic (exact) mass is 601 g/mol. The third-order valence-electron chi connectivity index (χ3n) is 6.79. The highest BCUT2D eigenvalue weighted by atomic mass is 32.2. The lowest BCUT2D eigenvalue weighted by Crippen LogP contribution is -2.47. The van der Waals surface area contributed by atoms with Gasteiger partial charge in [-0.3, -0.25) is 0 Å². The van der Waals surface area contributed by atoms with E-state index in [1.54, 1.807) is 54.6 Å². The molecule has 222 valence electrons. The van der Waals surface area contributed by atoms with Gasteiger partial charge in [0.1, 0.15) is 17.2 Å². The Balaban J connectivity index is 1.54. The maximum absolute atomic E-state index is 14.3. The van der Waals surface area contributed by atoms with E-state index >= 15 is 0 Å². The van der Waals surface area contributed by atoms with E-state index in [9.17, 15) is 22.4 Å². The molecule has 0 radical (unpaired) electrons. The largest absolute Gasteiger partial charge is 0.444 e. The van der Waals surface area contributed by atoms with Crippen LogP contribution >= 0.6 is 11.8 Å². The molecule has 0 spiro atoms. The molecule has 2 aromatic carbocycles. The summed E-state index contributed by atoms with van der Waals surface area (Å²) in [5.41, 5.74) is -0.264. The number of carbonyl (C=O) groups excluding carboxylic acids is 1. The van der Waals surface area contributed by atoms with Crippen LogP contribution in [-0.2, 0) is 10.9 Å². The van der Waals surface area contributed by atoms with Crippen molar-refractivity contribution in [1.82, 2.24) is 19.4 Å². The summed E-state index contributed by atoms with van der Waals surface area (Å²) in [4.78, 5) is 23.2. The van der Waals surface area contributed by atoms with Crippen molar-refractivity contribution in [1.29, 1.82) is 0 Å². The van der Waals surface area contributed by atoms with Crippen LogP contribution < -0.4 is 5.32 Å². The minimum Gasteiger partial charge on any atom is -0.444 e. The number of halogens is 4. The second-order valence-corrected chi connectivity index (χ2v) is 12.0. The van der Waals surface area contributed by atoms with Crippen LogP contribution in [0.4, 0.5) is 28.3 Å². The lowest BCUT2D eigenvalue weighted by atomic mass is 10.1. The van der Waals surface area contributed by atoms with E-state index in [2.05, 4.69) is 15.3 Å². The summed E-state index contributed by atoms with van der Waals surface area (Å²) in [5.74, 6) is 0.0271. The number of fused-ring (bicyclic) bond motifs is 1. The van der Waals surface area contributed by atoms with Crippen LogP contribution in [0.2, 0.25) is 0 Å². The van der Waals surface area contributed by atoms with Gasteiger partial charge < -0.3 is 19.5 Å². The Morgan fingerprint density at radius 2 is 1.90 bits per heavy atom. The fraction of sp³-hybridized carbons (Fsp3) is 0.367. The Bertz CT molecular complexity index is 1570. The van der Waals surface area contributed by atoms with Gasteiger partial charge in [0.25, 0.3) is 0 Å². The Morgan fingerprint density at radius 3 is 2.60 bits per heavy atom. The number of aromatic nitrogens is 3. The van der Waals surface area contributed by atoms with Crippen LogP contribution in [0.15, 0.2) is 65.8 Å². The lowest BCUT2D eigenvalue weighted by Gasteiger charge is -2.34. The number of likely N-dealkylation sites (tertiary alicyclic amines) is 1. The third-order valence-corrected chi connectivity index (χ3v) is 7.48. The zero-order valence-corrected chi connectivity index (χ0v) is 24.2. The van der Waals surface area contributed by atoms with Crippen molar-refractivity contribution in [2.75, 3.05) is 24.4 Å². The van der Waals surface area contributed by atoms with Gasteiger partial charge in [-0.05, 0) is 57.9 Å². The van der Waals surface area contributed by atoms with E-state index < -0.39 is 29.4 Å². The van der Waals surface area contributed by atoms with E-state index in [0.29, 0.717) is 41.7 Å².